The maximum absolute atomic E-state index is 12.3. The van der Waals surface area contributed by atoms with Crippen molar-refractivity contribution in [3.8, 4) is 0 Å². The number of amides is 1. The van der Waals surface area contributed by atoms with Crippen molar-refractivity contribution >= 4 is 18.3 Å². The number of rotatable bonds is 4. The molecule has 3 N–H and O–H groups in total. The molecule has 0 aliphatic heterocycles. The van der Waals surface area contributed by atoms with Crippen molar-refractivity contribution in [1.29, 1.82) is 0 Å². The molecular formula is C20H25ClN2O. The smallest absolute Gasteiger partial charge is 0.241 e. The zero-order valence-electron chi connectivity index (χ0n) is 13.7. The van der Waals surface area contributed by atoms with E-state index in [9.17, 15) is 4.79 Å². The highest BCUT2D eigenvalue weighted by atomic mass is 35.5. The van der Waals surface area contributed by atoms with E-state index in [1.165, 1.54) is 5.56 Å². The van der Waals surface area contributed by atoms with Crippen LogP contribution in [0.25, 0.3) is 0 Å². The molecule has 24 heavy (non-hydrogen) atoms. The first-order chi connectivity index (χ1) is 11.2. The van der Waals surface area contributed by atoms with Gasteiger partial charge in [0.2, 0.25) is 5.91 Å². The maximum Gasteiger partial charge on any atom is 0.241 e. The van der Waals surface area contributed by atoms with Crippen LogP contribution in [0.1, 0.15) is 48.8 Å². The van der Waals surface area contributed by atoms with Crippen molar-refractivity contribution < 1.29 is 4.79 Å². The molecule has 3 nitrogen and oxygen atoms in total. The highest BCUT2D eigenvalue weighted by Crippen LogP contribution is 2.32. The molecule has 0 saturated heterocycles. The predicted octanol–water partition coefficient (Wildman–Crippen LogP) is 3.95. The minimum absolute atomic E-state index is 0. The highest BCUT2D eigenvalue weighted by Gasteiger charge is 2.25. The quantitative estimate of drug-likeness (QED) is 0.882. The van der Waals surface area contributed by atoms with E-state index in [4.69, 9.17) is 5.73 Å². The van der Waals surface area contributed by atoms with E-state index in [0.717, 1.165) is 31.2 Å². The monoisotopic (exact) mass is 344 g/mol. The lowest BCUT2D eigenvalue weighted by molar-refractivity contribution is -0.123. The zero-order valence-corrected chi connectivity index (χ0v) is 14.5. The summed E-state index contributed by atoms with van der Waals surface area (Å²) >= 11 is 0. The molecule has 1 unspecified atom stereocenters. The third-order valence-electron chi connectivity index (χ3n) is 4.79. The first-order valence-electron chi connectivity index (χ1n) is 8.40. The number of nitrogens with one attached hydrogen (secondary N) is 1. The first kappa shape index (κ1) is 18.5. The van der Waals surface area contributed by atoms with Gasteiger partial charge in [0.1, 0.15) is 6.04 Å². The Morgan fingerprint density at radius 2 is 1.46 bits per heavy atom. The summed E-state index contributed by atoms with van der Waals surface area (Å²) in [6.07, 6.45) is 4.28. The Morgan fingerprint density at radius 3 is 2.04 bits per heavy atom. The molecular weight excluding hydrogens is 320 g/mol. The molecule has 3 rings (SSSR count). The second kappa shape index (κ2) is 8.86. The number of benzene rings is 2. The van der Waals surface area contributed by atoms with Crippen molar-refractivity contribution in [3.05, 3.63) is 71.8 Å². The van der Waals surface area contributed by atoms with Crippen molar-refractivity contribution in [2.75, 3.05) is 0 Å². The van der Waals surface area contributed by atoms with Gasteiger partial charge in [0.25, 0.3) is 0 Å². The van der Waals surface area contributed by atoms with Crippen LogP contribution >= 0.6 is 12.4 Å². The van der Waals surface area contributed by atoms with Crippen LogP contribution in [0.15, 0.2) is 60.7 Å². The van der Waals surface area contributed by atoms with Crippen LogP contribution in [-0.2, 0) is 4.79 Å². The average molecular weight is 345 g/mol. The lowest BCUT2D eigenvalue weighted by Crippen LogP contribution is -2.42. The molecule has 0 aromatic heterocycles. The lowest BCUT2D eigenvalue weighted by Gasteiger charge is -2.30. The fourth-order valence-electron chi connectivity index (χ4n) is 3.40. The molecule has 1 fully saturated rings. The topological polar surface area (TPSA) is 55.1 Å². The Bertz CT molecular complexity index is 625. The Kier molecular flexibility index (Phi) is 6.83. The number of carbonyl (C=O) groups is 1. The van der Waals surface area contributed by atoms with E-state index in [2.05, 4.69) is 35.6 Å². The van der Waals surface area contributed by atoms with Crippen LogP contribution in [0.3, 0.4) is 0 Å². The van der Waals surface area contributed by atoms with Crippen molar-refractivity contribution in [2.24, 2.45) is 5.73 Å². The van der Waals surface area contributed by atoms with Gasteiger partial charge >= 0.3 is 0 Å². The molecule has 0 bridgehead atoms. The molecule has 1 atom stereocenters. The van der Waals surface area contributed by atoms with Gasteiger partial charge in [-0.1, -0.05) is 60.7 Å². The average Bonchev–Trinajstić information content (AvgIpc) is 2.63. The highest BCUT2D eigenvalue weighted by molar-refractivity contribution is 5.85. The normalized spacial score (nSPS) is 21.4. The standard InChI is InChI=1S/C20H24N2O.ClH/c21-19(17-9-5-2-6-10-17)20(23)22-18-13-11-16(12-14-18)15-7-3-1-4-8-15;/h1-10,16,18-19H,11-14,21H2,(H,22,23);1H. The Hall–Kier alpha value is -1.84. The summed E-state index contributed by atoms with van der Waals surface area (Å²) in [6, 6.07) is 19.9. The SMILES string of the molecule is Cl.NC(C(=O)NC1CCC(c2ccccc2)CC1)c1ccccc1. The third-order valence-corrected chi connectivity index (χ3v) is 4.79. The number of carbonyl (C=O) groups excluding carboxylic acids is 1. The molecule has 0 radical (unpaired) electrons. The molecule has 0 spiro atoms. The second-order valence-corrected chi connectivity index (χ2v) is 6.36. The first-order valence-corrected chi connectivity index (χ1v) is 8.40. The van der Waals surface area contributed by atoms with Crippen molar-refractivity contribution in [3.63, 3.8) is 0 Å². The van der Waals surface area contributed by atoms with Crippen molar-refractivity contribution in [2.45, 2.75) is 43.7 Å². The lowest BCUT2D eigenvalue weighted by atomic mass is 9.81. The fraction of sp³-hybridized carbons (Fsp3) is 0.350. The third kappa shape index (κ3) is 4.59. The van der Waals surface area contributed by atoms with Gasteiger partial charge in [-0.05, 0) is 42.7 Å². The van der Waals surface area contributed by atoms with E-state index in [-0.39, 0.29) is 24.4 Å². The van der Waals surface area contributed by atoms with Crippen LogP contribution < -0.4 is 11.1 Å². The Balaban J connectivity index is 0.00000208. The van der Waals surface area contributed by atoms with Gasteiger partial charge in [0, 0.05) is 6.04 Å². The summed E-state index contributed by atoms with van der Waals surface area (Å²) in [5.41, 5.74) is 8.34. The van der Waals surface area contributed by atoms with Crippen LogP contribution in [0, 0.1) is 0 Å². The van der Waals surface area contributed by atoms with Crippen LogP contribution in [0.5, 0.6) is 0 Å². The Morgan fingerprint density at radius 1 is 0.917 bits per heavy atom. The van der Waals surface area contributed by atoms with Gasteiger partial charge in [-0.2, -0.15) is 0 Å². The van der Waals surface area contributed by atoms with E-state index >= 15 is 0 Å². The number of hydrogen-bond donors (Lipinski definition) is 2. The number of nitrogens with two attached hydrogens (primary N) is 1. The maximum atomic E-state index is 12.3. The number of hydrogen-bond acceptors (Lipinski definition) is 2. The summed E-state index contributed by atoms with van der Waals surface area (Å²) < 4.78 is 0. The molecule has 0 heterocycles. The number of halogens is 1. The fourth-order valence-corrected chi connectivity index (χ4v) is 3.40. The molecule has 1 aliphatic rings. The summed E-state index contributed by atoms with van der Waals surface area (Å²) in [4.78, 5) is 12.3. The largest absolute Gasteiger partial charge is 0.352 e. The summed E-state index contributed by atoms with van der Waals surface area (Å²) in [6.45, 7) is 0. The minimum Gasteiger partial charge on any atom is -0.352 e. The van der Waals surface area contributed by atoms with Gasteiger partial charge in [0.15, 0.2) is 0 Å². The molecule has 2 aromatic rings. The van der Waals surface area contributed by atoms with Gasteiger partial charge in [-0.3, -0.25) is 4.79 Å². The van der Waals surface area contributed by atoms with Crippen LogP contribution in [0.2, 0.25) is 0 Å². The van der Waals surface area contributed by atoms with Gasteiger partial charge in [0.05, 0.1) is 0 Å². The predicted molar refractivity (Wildman–Crippen MR) is 100 cm³/mol. The minimum atomic E-state index is -0.581. The molecule has 2 aromatic carbocycles. The van der Waals surface area contributed by atoms with Gasteiger partial charge in [-0.25, -0.2) is 0 Å². The molecule has 128 valence electrons. The van der Waals surface area contributed by atoms with E-state index in [1.807, 2.05) is 30.3 Å². The van der Waals surface area contributed by atoms with E-state index in [0.29, 0.717) is 5.92 Å². The second-order valence-electron chi connectivity index (χ2n) is 6.36. The van der Waals surface area contributed by atoms with Crippen molar-refractivity contribution in [1.82, 2.24) is 5.32 Å². The summed E-state index contributed by atoms with van der Waals surface area (Å²) in [7, 11) is 0. The van der Waals surface area contributed by atoms with Gasteiger partial charge < -0.3 is 11.1 Å². The Labute approximate surface area is 150 Å². The summed E-state index contributed by atoms with van der Waals surface area (Å²) in [5, 5.41) is 3.13. The van der Waals surface area contributed by atoms with Crippen LogP contribution in [0.4, 0.5) is 0 Å². The zero-order chi connectivity index (χ0) is 16.1. The molecule has 1 saturated carbocycles. The van der Waals surface area contributed by atoms with E-state index in [1.54, 1.807) is 0 Å². The molecule has 4 heteroatoms. The van der Waals surface area contributed by atoms with Crippen LogP contribution in [-0.4, -0.2) is 11.9 Å². The summed E-state index contributed by atoms with van der Waals surface area (Å²) in [5.74, 6) is 0.548. The molecule has 1 amide bonds. The molecule has 1 aliphatic carbocycles. The van der Waals surface area contributed by atoms with E-state index < -0.39 is 6.04 Å². The van der Waals surface area contributed by atoms with Gasteiger partial charge in [-0.15, -0.1) is 12.4 Å².